The number of benzene rings is 1. The molecule has 22 heavy (non-hydrogen) atoms. The van der Waals surface area contributed by atoms with Gasteiger partial charge in [0.05, 0.1) is 6.04 Å². The molecule has 1 N–H and O–H groups in total. The number of rotatable bonds is 4. The highest BCUT2D eigenvalue weighted by atomic mass is 35.5. The Morgan fingerprint density at radius 2 is 2.09 bits per heavy atom. The lowest BCUT2D eigenvalue weighted by molar-refractivity contribution is -0.132. The molecule has 122 valence electrons. The highest BCUT2D eigenvalue weighted by molar-refractivity contribution is 6.31. The number of nitrogens with zero attached hydrogens (tertiary/aromatic N) is 1. The number of halogens is 2. The largest absolute Gasteiger partial charge is 0.336 e. The molecule has 2 unspecified atom stereocenters. The summed E-state index contributed by atoms with van der Waals surface area (Å²) in [5, 5.41) is 4.24. The summed E-state index contributed by atoms with van der Waals surface area (Å²) < 4.78 is 0. The Bertz CT molecular complexity index is 503. The van der Waals surface area contributed by atoms with Gasteiger partial charge in [-0.2, -0.15) is 0 Å². The van der Waals surface area contributed by atoms with Crippen molar-refractivity contribution in [2.75, 3.05) is 13.1 Å². The molecule has 0 spiro atoms. The van der Waals surface area contributed by atoms with Gasteiger partial charge in [0.25, 0.3) is 0 Å². The molecule has 3 nitrogen and oxygen atoms in total. The second kappa shape index (κ2) is 8.19. The van der Waals surface area contributed by atoms with Crippen LogP contribution in [0.4, 0.5) is 0 Å². The molecule has 2 atom stereocenters. The van der Waals surface area contributed by atoms with Gasteiger partial charge in [-0.1, -0.05) is 29.8 Å². The van der Waals surface area contributed by atoms with E-state index in [1.165, 1.54) is 12.8 Å². The van der Waals surface area contributed by atoms with Crippen molar-refractivity contribution in [3.05, 3.63) is 34.9 Å². The van der Waals surface area contributed by atoms with E-state index in [0.717, 1.165) is 42.9 Å². The zero-order chi connectivity index (χ0) is 14.7. The SMILES string of the molecule is Cl.O=C(CCC1CCCN1)N1CCCC1c1ccccc1Cl. The Labute approximate surface area is 143 Å². The summed E-state index contributed by atoms with van der Waals surface area (Å²) >= 11 is 6.31. The fourth-order valence-electron chi connectivity index (χ4n) is 3.58. The molecule has 2 heterocycles. The number of carbonyl (C=O) groups excluding carboxylic acids is 1. The minimum Gasteiger partial charge on any atom is -0.336 e. The van der Waals surface area contributed by atoms with Crippen LogP contribution in [0.5, 0.6) is 0 Å². The van der Waals surface area contributed by atoms with Crippen molar-refractivity contribution in [3.63, 3.8) is 0 Å². The van der Waals surface area contributed by atoms with E-state index < -0.39 is 0 Å². The second-order valence-corrected chi connectivity index (χ2v) is 6.51. The maximum absolute atomic E-state index is 12.6. The lowest BCUT2D eigenvalue weighted by Crippen LogP contribution is -2.32. The third-order valence-corrected chi connectivity index (χ3v) is 5.05. The lowest BCUT2D eigenvalue weighted by atomic mass is 10.0. The highest BCUT2D eigenvalue weighted by Crippen LogP contribution is 2.36. The maximum atomic E-state index is 12.6. The highest BCUT2D eigenvalue weighted by Gasteiger charge is 2.31. The van der Waals surface area contributed by atoms with Gasteiger partial charge in [-0.05, 0) is 50.3 Å². The minimum absolute atomic E-state index is 0. The van der Waals surface area contributed by atoms with Crippen LogP contribution in [0.15, 0.2) is 24.3 Å². The Morgan fingerprint density at radius 3 is 2.82 bits per heavy atom. The van der Waals surface area contributed by atoms with Gasteiger partial charge in [0.2, 0.25) is 5.91 Å². The van der Waals surface area contributed by atoms with Gasteiger partial charge >= 0.3 is 0 Å². The van der Waals surface area contributed by atoms with E-state index in [4.69, 9.17) is 11.6 Å². The van der Waals surface area contributed by atoms with Crippen molar-refractivity contribution < 1.29 is 4.79 Å². The molecular weight excluding hydrogens is 319 g/mol. The van der Waals surface area contributed by atoms with Gasteiger partial charge in [0, 0.05) is 24.0 Å². The number of hydrogen-bond acceptors (Lipinski definition) is 2. The van der Waals surface area contributed by atoms with Crippen molar-refractivity contribution in [2.45, 2.75) is 50.6 Å². The molecule has 0 aromatic heterocycles. The Kier molecular flexibility index (Phi) is 6.54. The van der Waals surface area contributed by atoms with Gasteiger partial charge in [0.15, 0.2) is 0 Å². The minimum atomic E-state index is 0. The first-order chi connectivity index (χ1) is 10.3. The Morgan fingerprint density at radius 1 is 1.27 bits per heavy atom. The molecule has 0 aliphatic carbocycles. The summed E-state index contributed by atoms with van der Waals surface area (Å²) in [5.74, 6) is 0.283. The zero-order valence-electron chi connectivity index (χ0n) is 12.8. The van der Waals surface area contributed by atoms with E-state index in [2.05, 4.69) is 11.4 Å². The van der Waals surface area contributed by atoms with Gasteiger partial charge in [0.1, 0.15) is 0 Å². The fourth-order valence-corrected chi connectivity index (χ4v) is 3.84. The number of amides is 1. The van der Waals surface area contributed by atoms with E-state index in [0.29, 0.717) is 12.5 Å². The monoisotopic (exact) mass is 342 g/mol. The maximum Gasteiger partial charge on any atom is 0.223 e. The van der Waals surface area contributed by atoms with Crippen molar-refractivity contribution >= 4 is 29.9 Å². The summed E-state index contributed by atoms with van der Waals surface area (Å²) in [5.41, 5.74) is 1.10. The summed E-state index contributed by atoms with van der Waals surface area (Å²) in [7, 11) is 0. The quantitative estimate of drug-likeness (QED) is 0.898. The molecule has 2 fully saturated rings. The summed E-state index contributed by atoms with van der Waals surface area (Å²) in [6, 6.07) is 8.62. The topological polar surface area (TPSA) is 32.3 Å². The normalized spacial score (nSPS) is 24.3. The number of carbonyl (C=O) groups is 1. The first-order valence-electron chi connectivity index (χ1n) is 8.03. The van der Waals surface area contributed by atoms with Gasteiger partial charge in [-0.3, -0.25) is 4.79 Å². The molecule has 0 radical (unpaired) electrons. The van der Waals surface area contributed by atoms with Crippen molar-refractivity contribution in [2.24, 2.45) is 0 Å². The number of likely N-dealkylation sites (tertiary alicyclic amines) is 1. The van der Waals surface area contributed by atoms with Crippen LogP contribution in [0.3, 0.4) is 0 Å². The van der Waals surface area contributed by atoms with Gasteiger partial charge in [-0.25, -0.2) is 0 Å². The van der Waals surface area contributed by atoms with E-state index >= 15 is 0 Å². The van der Waals surface area contributed by atoms with Crippen molar-refractivity contribution in [1.29, 1.82) is 0 Å². The van der Waals surface area contributed by atoms with Crippen LogP contribution in [0, 0.1) is 0 Å². The standard InChI is InChI=1S/C17H23ClN2O.ClH/c18-15-7-2-1-6-14(15)16-8-4-12-20(16)17(21)10-9-13-5-3-11-19-13;/h1-2,6-7,13,16,19H,3-5,8-12H2;1H. The van der Waals surface area contributed by atoms with Crippen molar-refractivity contribution in [3.8, 4) is 0 Å². The van der Waals surface area contributed by atoms with Crippen LogP contribution in [-0.4, -0.2) is 29.9 Å². The third kappa shape index (κ3) is 3.95. The molecule has 3 rings (SSSR count). The molecule has 5 heteroatoms. The van der Waals surface area contributed by atoms with E-state index in [9.17, 15) is 4.79 Å². The Balaban J connectivity index is 0.00000176. The van der Waals surface area contributed by atoms with Gasteiger partial charge in [-0.15, -0.1) is 12.4 Å². The van der Waals surface area contributed by atoms with Crippen LogP contribution in [0.25, 0.3) is 0 Å². The average molecular weight is 343 g/mol. The van der Waals surface area contributed by atoms with Crippen LogP contribution in [-0.2, 0) is 4.79 Å². The molecule has 1 aromatic rings. The number of hydrogen-bond donors (Lipinski definition) is 1. The van der Waals surface area contributed by atoms with Crippen LogP contribution in [0.2, 0.25) is 5.02 Å². The van der Waals surface area contributed by atoms with Crippen LogP contribution >= 0.6 is 24.0 Å². The third-order valence-electron chi connectivity index (χ3n) is 4.71. The van der Waals surface area contributed by atoms with Crippen LogP contribution < -0.4 is 5.32 Å². The number of nitrogens with one attached hydrogen (secondary N) is 1. The van der Waals surface area contributed by atoms with Gasteiger partial charge < -0.3 is 10.2 Å². The predicted octanol–water partition coefficient (Wildman–Crippen LogP) is 3.96. The lowest BCUT2D eigenvalue weighted by Gasteiger charge is -2.26. The fraction of sp³-hybridized carbons (Fsp3) is 0.588. The first kappa shape index (κ1) is 17.6. The molecule has 1 aromatic carbocycles. The first-order valence-corrected chi connectivity index (χ1v) is 8.41. The van der Waals surface area contributed by atoms with E-state index in [-0.39, 0.29) is 24.4 Å². The molecule has 1 amide bonds. The van der Waals surface area contributed by atoms with E-state index in [1.807, 2.05) is 23.1 Å². The summed E-state index contributed by atoms with van der Waals surface area (Å²) in [6.07, 6.45) is 6.16. The molecule has 0 saturated carbocycles. The molecule has 2 saturated heterocycles. The Hall–Kier alpha value is -0.770. The molecule has 2 aliphatic heterocycles. The molecular formula is C17H24Cl2N2O. The smallest absolute Gasteiger partial charge is 0.223 e. The molecule has 0 bridgehead atoms. The predicted molar refractivity (Wildman–Crippen MR) is 92.6 cm³/mol. The second-order valence-electron chi connectivity index (χ2n) is 6.10. The van der Waals surface area contributed by atoms with E-state index in [1.54, 1.807) is 0 Å². The summed E-state index contributed by atoms with van der Waals surface area (Å²) in [6.45, 7) is 1.97. The summed E-state index contributed by atoms with van der Waals surface area (Å²) in [4.78, 5) is 14.6. The van der Waals surface area contributed by atoms with Crippen LogP contribution in [0.1, 0.15) is 50.1 Å². The molecule has 2 aliphatic rings. The average Bonchev–Trinajstić information content (AvgIpc) is 3.16. The van der Waals surface area contributed by atoms with Crippen molar-refractivity contribution in [1.82, 2.24) is 10.2 Å². The zero-order valence-corrected chi connectivity index (χ0v) is 14.3.